The third-order valence-corrected chi connectivity index (χ3v) is 8.00. The molecular formula is C29H63NO6S2. The molecule has 3 unspecified atom stereocenters. The molecule has 232 valence electrons. The zero-order valence-corrected chi connectivity index (χ0v) is 27.6. The normalized spacial score (nSPS) is 14.6. The number of hydrogen-bond acceptors (Lipinski definition) is 6. The first kappa shape index (κ1) is 40.2. The minimum absolute atomic E-state index is 0.174. The Balaban J connectivity index is 0. The number of nitrogens with zero attached hydrogens (tertiary/aromatic N) is 1. The number of quaternary nitrogens is 1. The molecule has 0 N–H and O–H groups in total. The van der Waals surface area contributed by atoms with Crippen molar-refractivity contribution in [2.45, 2.75) is 129 Å². The molecule has 0 aliphatic rings. The Bertz CT molecular complexity index is 586. The van der Waals surface area contributed by atoms with Gasteiger partial charge in [0.25, 0.3) is 0 Å². The molecule has 0 bridgehead atoms. The van der Waals surface area contributed by atoms with E-state index in [2.05, 4.69) is 35.0 Å². The maximum absolute atomic E-state index is 12.2. The van der Waals surface area contributed by atoms with Crippen molar-refractivity contribution in [1.82, 2.24) is 0 Å². The average molecular weight is 586 g/mol. The summed E-state index contributed by atoms with van der Waals surface area (Å²) >= 11 is -0.719. The van der Waals surface area contributed by atoms with Gasteiger partial charge in [-0.15, -0.1) is 0 Å². The van der Waals surface area contributed by atoms with E-state index in [9.17, 15) is 4.55 Å². The summed E-state index contributed by atoms with van der Waals surface area (Å²) in [4.78, 5) is 0. The van der Waals surface area contributed by atoms with Crippen molar-refractivity contribution in [2.75, 3.05) is 59.2 Å². The van der Waals surface area contributed by atoms with Gasteiger partial charge in [0.15, 0.2) is 0 Å². The number of methoxy groups -OCH3 is 1. The molecule has 0 aliphatic carbocycles. The quantitative estimate of drug-likeness (QED) is 0.0541. The van der Waals surface area contributed by atoms with Gasteiger partial charge in [-0.2, -0.15) is 0 Å². The van der Waals surface area contributed by atoms with E-state index in [4.69, 9.17) is 22.4 Å². The van der Waals surface area contributed by atoms with Crippen LogP contribution in [0, 0.1) is 0 Å². The van der Waals surface area contributed by atoms with Gasteiger partial charge in [0, 0.05) is 26.2 Å². The summed E-state index contributed by atoms with van der Waals surface area (Å²) in [7, 11) is 4.45. The Kier molecular flexibility index (Phi) is 27.6. The summed E-state index contributed by atoms with van der Waals surface area (Å²) in [5, 5.41) is 0. The van der Waals surface area contributed by atoms with E-state index in [1.165, 1.54) is 77.0 Å². The molecule has 0 rings (SSSR count). The van der Waals surface area contributed by atoms with Gasteiger partial charge in [-0.1, -0.05) is 102 Å². The summed E-state index contributed by atoms with van der Waals surface area (Å²) in [6.45, 7) is 6.24. The fraction of sp³-hybridized carbons (Fsp3) is 1.00. The highest BCUT2D eigenvalue weighted by molar-refractivity contribution is 7.91. The van der Waals surface area contributed by atoms with Crippen LogP contribution in [0.4, 0.5) is 0 Å². The molecule has 0 aromatic carbocycles. The monoisotopic (exact) mass is 585 g/mol. The van der Waals surface area contributed by atoms with Crippen LogP contribution < -0.4 is 0 Å². The average Bonchev–Trinajstić information content (AvgIpc) is 2.80. The minimum atomic E-state index is -3.92. The molecule has 0 fully saturated rings. The zero-order valence-electron chi connectivity index (χ0n) is 26.0. The van der Waals surface area contributed by atoms with Crippen LogP contribution >= 0.6 is 0 Å². The van der Waals surface area contributed by atoms with E-state index in [0.29, 0.717) is 12.9 Å². The molecule has 7 nitrogen and oxygen atoms in total. The van der Waals surface area contributed by atoms with Crippen LogP contribution in [0.25, 0.3) is 0 Å². The zero-order chi connectivity index (χ0) is 29.3. The lowest BCUT2D eigenvalue weighted by Crippen LogP contribution is -2.36. The highest BCUT2D eigenvalue weighted by atomic mass is 32.2. The topological polar surface area (TPSA) is 98.7 Å². The van der Waals surface area contributed by atoms with Crippen LogP contribution in [-0.4, -0.2) is 93.4 Å². The highest BCUT2D eigenvalue weighted by Gasteiger charge is 2.20. The summed E-state index contributed by atoms with van der Waals surface area (Å²) in [6.07, 6.45) is 21.4. The van der Waals surface area contributed by atoms with Gasteiger partial charge in [-0.3, -0.25) is 0 Å². The first-order chi connectivity index (χ1) is 17.8. The van der Waals surface area contributed by atoms with Gasteiger partial charge in [-0.05, 0) is 12.8 Å². The Labute approximate surface area is 240 Å². The second-order valence-electron chi connectivity index (χ2n) is 11.5. The van der Waals surface area contributed by atoms with Crippen molar-refractivity contribution in [3.63, 3.8) is 0 Å². The van der Waals surface area contributed by atoms with Gasteiger partial charge in [0.1, 0.15) is 11.5 Å². The lowest BCUT2D eigenvalue weighted by atomic mass is 10.0. The van der Waals surface area contributed by atoms with Crippen LogP contribution in [0.5, 0.6) is 0 Å². The number of hydrogen-bond donors (Lipinski definition) is 0. The first-order valence-electron chi connectivity index (χ1n) is 15.0. The van der Waals surface area contributed by atoms with E-state index < -0.39 is 21.3 Å². The summed E-state index contributed by atoms with van der Waals surface area (Å²) in [6, 6.07) is 0. The maximum atomic E-state index is 12.2. The predicted molar refractivity (Wildman–Crippen MR) is 162 cm³/mol. The standard InChI is InChI=1S/C28H60NO3S.CH4O3S/c1-7-9-10-11-12-13-14-15-16-17-18-19-22-28(27(8-2)31-6)32-24-21-26-33(30)25-20-23-29(3,4)5;1-5(2,3)4/h27-28H,7-26H2,1-6H3;1H3,(H,2,3,4)/q+1;/p-1. The molecule has 0 heterocycles. The molecule has 0 aliphatic heterocycles. The van der Waals surface area contributed by atoms with Gasteiger partial charge in [-0.25, -0.2) is 8.42 Å². The molecule has 0 saturated heterocycles. The molecule has 0 radical (unpaired) electrons. The van der Waals surface area contributed by atoms with E-state index in [0.717, 1.165) is 48.2 Å². The molecule has 0 saturated carbocycles. The SMILES string of the molecule is CCCCCCCCCCCCCCC(OCCC[S+]([O-])CCC[N+](C)(C)C)C(CC)OC.CS(=O)(=O)[O-]. The molecule has 0 aromatic heterocycles. The molecular weight excluding hydrogens is 522 g/mol. The van der Waals surface area contributed by atoms with Crippen LogP contribution in [0.2, 0.25) is 0 Å². The molecule has 38 heavy (non-hydrogen) atoms. The lowest BCUT2D eigenvalue weighted by molar-refractivity contribution is -0.870. The van der Waals surface area contributed by atoms with Crippen molar-refractivity contribution < 1.29 is 31.5 Å². The Morgan fingerprint density at radius 1 is 0.763 bits per heavy atom. The third-order valence-electron chi connectivity index (χ3n) is 6.51. The molecule has 9 heteroatoms. The summed E-state index contributed by atoms with van der Waals surface area (Å²) in [5.74, 6) is 1.57. The van der Waals surface area contributed by atoms with Crippen molar-refractivity contribution in [1.29, 1.82) is 0 Å². The molecule has 0 spiro atoms. The van der Waals surface area contributed by atoms with Crippen molar-refractivity contribution in [3.05, 3.63) is 0 Å². The van der Waals surface area contributed by atoms with Crippen molar-refractivity contribution in [2.24, 2.45) is 0 Å². The fourth-order valence-corrected chi connectivity index (χ4v) is 5.50. The maximum Gasteiger partial charge on any atom is 0.110 e. The Morgan fingerprint density at radius 3 is 1.63 bits per heavy atom. The van der Waals surface area contributed by atoms with E-state index in [1.54, 1.807) is 7.11 Å². The fourth-order valence-electron chi connectivity index (χ4n) is 4.40. The molecule has 3 atom stereocenters. The van der Waals surface area contributed by atoms with Gasteiger partial charge >= 0.3 is 0 Å². The second kappa shape index (κ2) is 26.0. The van der Waals surface area contributed by atoms with Crippen LogP contribution in [-0.2, 0) is 30.8 Å². The van der Waals surface area contributed by atoms with Gasteiger partial charge < -0.3 is 23.1 Å². The summed E-state index contributed by atoms with van der Waals surface area (Å²) < 4.78 is 52.3. The molecule has 0 aromatic rings. The van der Waals surface area contributed by atoms with E-state index >= 15 is 0 Å². The summed E-state index contributed by atoms with van der Waals surface area (Å²) in [5.41, 5.74) is 0. The van der Waals surface area contributed by atoms with Crippen molar-refractivity contribution >= 4 is 21.3 Å². The number of rotatable bonds is 25. The van der Waals surface area contributed by atoms with Crippen LogP contribution in [0.1, 0.15) is 117 Å². The van der Waals surface area contributed by atoms with Crippen LogP contribution in [0.3, 0.4) is 0 Å². The largest absolute Gasteiger partial charge is 0.748 e. The highest BCUT2D eigenvalue weighted by Crippen LogP contribution is 2.18. The van der Waals surface area contributed by atoms with Crippen molar-refractivity contribution in [3.8, 4) is 0 Å². The van der Waals surface area contributed by atoms with Gasteiger partial charge in [0.05, 0.1) is 56.6 Å². The minimum Gasteiger partial charge on any atom is -0.748 e. The second-order valence-corrected chi connectivity index (χ2v) is 14.6. The van der Waals surface area contributed by atoms with Gasteiger partial charge in [0.2, 0.25) is 0 Å². The van der Waals surface area contributed by atoms with E-state index in [-0.39, 0.29) is 12.2 Å². The van der Waals surface area contributed by atoms with E-state index in [1.807, 2.05) is 0 Å². The predicted octanol–water partition coefficient (Wildman–Crippen LogP) is 6.28. The smallest absolute Gasteiger partial charge is 0.110 e. The third kappa shape index (κ3) is 34.1. The number of ether oxygens (including phenoxy) is 2. The first-order valence-corrected chi connectivity index (χ1v) is 18.3. The lowest BCUT2D eigenvalue weighted by Gasteiger charge is -2.26. The molecule has 0 amide bonds. The Hall–Kier alpha value is 0.100. The van der Waals surface area contributed by atoms with Crippen LogP contribution in [0.15, 0.2) is 0 Å². The Morgan fingerprint density at radius 2 is 1.21 bits per heavy atom. The number of unbranched alkanes of at least 4 members (excludes halogenated alkanes) is 11.